The first-order valence-corrected chi connectivity index (χ1v) is 6.92. The Morgan fingerprint density at radius 3 is 2.68 bits per heavy atom. The SMILES string of the molecule is CCN(Cc1ccccc1)C(=O)C1CCC(CN)O1. The van der Waals surface area contributed by atoms with Gasteiger partial charge in [-0.2, -0.15) is 0 Å². The van der Waals surface area contributed by atoms with Crippen LogP contribution in [0.15, 0.2) is 30.3 Å². The summed E-state index contributed by atoms with van der Waals surface area (Å²) in [6, 6.07) is 10.0. The van der Waals surface area contributed by atoms with Gasteiger partial charge >= 0.3 is 0 Å². The van der Waals surface area contributed by atoms with Crippen molar-refractivity contribution in [1.82, 2.24) is 4.90 Å². The zero-order valence-corrected chi connectivity index (χ0v) is 11.4. The van der Waals surface area contributed by atoms with Crippen molar-refractivity contribution in [3.8, 4) is 0 Å². The van der Waals surface area contributed by atoms with E-state index >= 15 is 0 Å². The standard InChI is InChI=1S/C15H22N2O2/c1-2-17(11-12-6-4-3-5-7-12)15(18)14-9-8-13(10-16)19-14/h3-7,13-14H,2,8-11,16H2,1H3. The molecule has 0 saturated carbocycles. The Kier molecular flexibility index (Phi) is 4.93. The van der Waals surface area contributed by atoms with Crippen molar-refractivity contribution < 1.29 is 9.53 Å². The molecule has 0 aliphatic carbocycles. The highest BCUT2D eigenvalue weighted by Crippen LogP contribution is 2.21. The summed E-state index contributed by atoms with van der Waals surface area (Å²) >= 11 is 0. The fraction of sp³-hybridized carbons (Fsp3) is 0.533. The Morgan fingerprint density at radius 2 is 2.11 bits per heavy atom. The van der Waals surface area contributed by atoms with Crippen molar-refractivity contribution in [2.75, 3.05) is 13.1 Å². The number of nitrogens with zero attached hydrogens (tertiary/aromatic N) is 1. The van der Waals surface area contributed by atoms with E-state index < -0.39 is 0 Å². The number of carbonyl (C=O) groups is 1. The van der Waals surface area contributed by atoms with E-state index in [1.807, 2.05) is 42.2 Å². The normalized spacial score (nSPS) is 22.4. The molecule has 2 atom stereocenters. The van der Waals surface area contributed by atoms with Crippen molar-refractivity contribution in [1.29, 1.82) is 0 Å². The Bertz CT molecular complexity index is 408. The molecule has 0 aromatic heterocycles. The summed E-state index contributed by atoms with van der Waals surface area (Å²) in [5, 5.41) is 0. The number of hydrogen-bond donors (Lipinski definition) is 1. The van der Waals surface area contributed by atoms with Crippen molar-refractivity contribution >= 4 is 5.91 Å². The van der Waals surface area contributed by atoms with E-state index in [1.165, 1.54) is 0 Å². The molecule has 1 saturated heterocycles. The van der Waals surface area contributed by atoms with Crippen LogP contribution in [0.4, 0.5) is 0 Å². The molecule has 19 heavy (non-hydrogen) atoms. The maximum absolute atomic E-state index is 12.4. The molecular formula is C15H22N2O2. The predicted octanol–water partition coefficient (Wildman–Crippen LogP) is 1.54. The van der Waals surface area contributed by atoms with Crippen LogP contribution in [-0.2, 0) is 16.1 Å². The highest BCUT2D eigenvalue weighted by atomic mass is 16.5. The van der Waals surface area contributed by atoms with Crippen molar-refractivity contribution in [3.05, 3.63) is 35.9 Å². The van der Waals surface area contributed by atoms with Crippen molar-refractivity contribution in [3.63, 3.8) is 0 Å². The maximum Gasteiger partial charge on any atom is 0.252 e. The van der Waals surface area contributed by atoms with Crippen LogP contribution in [0.3, 0.4) is 0 Å². The first-order valence-electron chi connectivity index (χ1n) is 6.92. The second-order valence-electron chi connectivity index (χ2n) is 4.90. The molecule has 1 aromatic carbocycles. The van der Waals surface area contributed by atoms with Gasteiger partial charge in [0.05, 0.1) is 6.10 Å². The quantitative estimate of drug-likeness (QED) is 0.875. The smallest absolute Gasteiger partial charge is 0.252 e. The minimum atomic E-state index is -0.308. The van der Waals surface area contributed by atoms with Gasteiger partial charge < -0.3 is 15.4 Å². The Labute approximate surface area is 114 Å². The van der Waals surface area contributed by atoms with Crippen LogP contribution in [0, 0.1) is 0 Å². The van der Waals surface area contributed by atoms with Gasteiger partial charge in [-0.25, -0.2) is 0 Å². The monoisotopic (exact) mass is 262 g/mol. The summed E-state index contributed by atoms with van der Waals surface area (Å²) in [5.41, 5.74) is 6.72. The second kappa shape index (κ2) is 6.68. The molecule has 104 valence electrons. The molecule has 1 fully saturated rings. The molecule has 2 N–H and O–H groups in total. The Balaban J connectivity index is 1.96. The average Bonchev–Trinajstić information content (AvgIpc) is 2.94. The van der Waals surface area contributed by atoms with E-state index in [4.69, 9.17) is 10.5 Å². The minimum Gasteiger partial charge on any atom is -0.364 e. The van der Waals surface area contributed by atoms with E-state index in [0.29, 0.717) is 19.6 Å². The molecule has 4 nitrogen and oxygen atoms in total. The van der Waals surface area contributed by atoms with E-state index in [-0.39, 0.29) is 18.1 Å². The lowest BCUT2D eigenvalue weighted by Gasteiger charge is -2.24. The number of hydrogen-bond acceptors (Lipinski definition) is 3. The molecule has 2 unspecified atom stereocenters. The number of ether oxygens (including phenoxy) is 1. The number of likely N-dealkylation sites (N-methyl/N-ethyl adjacent to an activating group) is 1. The van der Waals surface area contributed by atoms with Gasteiger partial charge in [-0.05, 0) is 25.3 Å². The molecule has 2 rings (SSSR count). The van der Waals surface area contributed by atoms with Gasteiger partial charge in [-0.3, -0.25) is 4.79 Å². The zero-order chi connectivity index (χ0) is 13.7. The number of benzene rings is 1. The number of carbonyl (C=O) groups excluding carboxylic acids is 1. The summed E-state index contributed by atoms with van der Waals surface area (Å²) in [4.78, 5) is 14.2. The molecule has 1 amide bonds. The van der Waals surface area contributed by atoms with Crippen LogP contribution in [0.2, 0.25) is 0 Å². The zero-order valence-electron chi connectivity index (χ0n) is 11.4. The fourth-order valence-corrected chi connectivity index (χ4v) is 2.41. The highest BCUT2D eigenvalue weighted by molar-refractivity contribution is 5.81. The largest absolute Gasteiger partial charge is 0.364 e. The molecule has 4 heteroatoms. The van der Waals surface area contributed by atoms with Crippen LogP contribution in [0.5, 0.6) is 0 Å². The van der Waals surface area contributed by atoms with E-state index in [0.717, 1.165) is 18.4 Å². The van der Waals surface area contributed by atoms with E-state index in [1.54, 1.807) is 0 Å². The summed E-state index contributed by atoms with van der Waals surface area (Å²) in [5.74, 6) is 0.0855. The minimum absolute atomic E-state index is 0.0457. The maximum atomic E-state index is 12.4. The highest BCUT2D eigenvalue weighted by Gasteiger charge is 2.32. The molecule has 1 aliphatic rings. The molecule has 0 radical (unpaired) electrons. The molecule has 1 aromatic rings. The number of rotatable bonds is 5. The first-order chi connectivity index (χ1) is 9.24. The summed E-state index contributed by atoms with van der Waals surface area (Å²) in [6.07, 6.45) is 1.41. The van der Waals surface area contributed by atoms with E-state index in [2.05, 4.69) is 0 Å². The number of amides is 1. The third-order valence-electron chi connectivity index (χ3n) is 3.56. The topological polar surface area (TPSA) is 55.6 Å². The second-order valence-corrected chi connectivity index (χ2v) is 4.90. The summed E-state index contributed by atoms with van der Waals surface area (Å²) in [6.45, 7) is 3.83. The van der Waals surface area contributed by atoms with Crippen LogP contribution in [0.25, 0.3) is 0 Å². The predicted molar refractivity (Wildman–Crippen MR) is 74.5 cm³/mol. The molecule has 1 heterocycles. The third-order valence-corrected chi connectivity index (χ3v) is 3.56. The molecule has 1 aliphatic heterocycles. The van der Waals surface area contributed by atoms with Gasteiger partial charge in [-0.15, -0.1) is 0 Å². The van der Waals surface area contributed by atoms with Gasteiger partial charge in [0.15, 0.2) is 0 Å². The Morgan fingerprint density at radius 1 is 1.37 bits per heavy atom. The van der Waals surface area contributed by atoms with Gasteiger partial charge in [-0.1, -0.05) is 30.3 Å². The van der Waals surface area contributed by atoms with Crippen LogP contribution in [0.1, 0.15) is 25.3 Å². The molecule has 0 bridgehead atoms. The fourth-order valence-electron chi connectivity index (χ4n) is 2.41. The van der Waals surface area contributed by atoms with Gasteiger partial charge in [0.25, 0.3) is 5.91 Å². The van der Waals surface area contributed by atoms with E-state index in [9.17, 15) is 4.79 Å². The molecule has 0 spiro atoms. The lowest BCUT2D eigenvalue weighted by molar-refractivity contribution is -0.143. The Hall–Kier alpha value is -1.39. The number of nitrogens with two attached hydrogens (primary N) is 1. The van der Waals surface area contributed by atoms with Gasteiger partial charge in [0, 0.05) is 19.6 Å². The van der Waals surface area contributed by atoms with Gasteiger partial charge in [0.2, 0.25) is 0 Å². The van der Waals surface area contributed by atoms with Crippen molar-refractivity contribution in [2.45, 2.75) is 38.5 Å². The summed E-state index contributed by atoms with van der Waals surface area (Å²) < 4.78 is 5.68. The summed E-state index contributed by atoms with van der Waals surface area (Å²) in [7, 11) is 0. The van der Waals surface area contributed by atoms with Crippen LogP contribution >= 0.6 is 0 Å². The van der Waals surface area contributed by atoms with Crippen molar-refractivity contribution in [2.24, 2.45) is 5.73 Å². The first kappa shape index (κ1) is 14.0. The third kappa shape index (κ3) is 3.55. The lowest BCUT2D eigenvalue weighted by Crippen LogP contribution is -2.39. The lowest BCUT2D eigenvalue weighted by atomic mass is 10.1. The van der Waals surface area contributed by atoms with Crippen LogP contribution < -0.4 is 5.73 Å². The van der Waals surface area contributed by atoms with Crippen LogP contribution in [-0.4, -0.2) is 36.1 Å². The van der Waals surface area contributed by atoms with Gasteiger partial charge in [0.1, 0.15) is 6.10 Å². The molecular weight excluding hydrogens is 240 g/mol. The average molecular weight is 262 g/mol.